The molecule has 1 saturated carbocycles. The summed E-state index contributed by atoms with van der Waals surface area (Å²) < 4.78 is 48.0. The van der Waals surface area contributed by atoms with Gasteiger partial charge in [0.2, 0.25) is 10.0 Å². The second kappa shape index (κ2) is 6.62. The number of ether oxygens (including phenoxy) is 1. The van der Waals surface area contributed by atoms with Crippen LogP contribution in [0.2, 0.25) is 0 Å². The minimum atomic E-state index is -3.75. The fourth-order valence-corrected chi connectivity index (χ4v) is 4.75. The van der Waals surface area contributed by atoms with Gasteiger partial charge in [-0.25, -0.2) is 17.5 Å². The Morgan fingerprint density at radius 2 is 2.12 bits per heavy atom. The molecular weight excluding hydrogens is 359 g/mol. The number of halogens is 1. The summed E-state index contributed by atoms with van der Waals surface area (Å²) in [6, 6.07) is 3.72. The van der Waals surface area contributed by atoms with Gasteiger partial charge in [0.05, 0.1) is 23.2 Å². The van der Waals surface area contributed by atoms with Crippen LogP contribution in [0.4, 0.5) is 4.39 Å². The first kappa shape index (κ1) is 17.4. The molecule has 1 aliphatic heterocycles. The number of sulfonamides is 1. The van der Waals surface area contributed by atoms with E-state index in [9.17, 15) is 12.8 Å². The van der Waals surface area contributed by atoms with Gasteiger partial charge in [-0.3, -0.25) is 0 Å². The first-order valence-electron chi connectivity index (χ1n) is 8.83. The van der Waals surface area contributed by atoms with E-state index in [4.69, 9.17) is 4.74 Å². The van der Waals surface area contributed by atoms with Crippen LogP contribution >= 0.6 is 0 Å². The fourth-order valence-electron chi connectivity index (χ4n) is 3.24. The lowest BCUT2D eigenvalue weighted by Gasteiger charge is -2.17. The number of rotatable bonds is 6. The fraction of sp³-hybridized carbons (Fsp3) is 0.529. The van der Waals surface area contributed by atoms with E-state index in [-0.39, 0.29) is 16.7 Å². The number of hydrogen-bond donors (Lipinski definition) is 0. The number of aromatic nitrogens is 3. The molecule has 1 aliphatic carbocycles. The molecular formula is C17H21FN4O3S. The lowest BCUT2D eigenvalue weighted by molar-refractivity contribution is 0.321. The quantitative estimate of drug-likeness (QED) is 0.769. The molecule has 1 aromatic carbocycles. The van der Waals surface area contributed by atoms with Gasteiger partial charge < -0.3 is 4.74 Å². The molecule has 2 fully saturated rings. The molecule has 0 radical (unpaired) electrons. The molecule has 1 unspecified atom stereocenters. The number of benzene rings is 1. The van der Waals surface area contributed by atoms with E-state index < -0.39 is 15.8 Å². The highest BCUT2D eigenvalue weighted by molar-refractivity contribution is 7.89. The molecule has 0 bridgehead atoms. The maximum Gasteiger partial charge on any atom is 0.243 e. The summed E-state index contributed by atoms with van der Waals surface area (Å²) in [5.74, 6) is -0.105. The average molecular weight is 380 g/mol. The second-order valence-electron chi connectivity index (χ2n) is 6.73. The Labute approximate surface area is 151 Å². The van der Waals surface area contributed by atoms with E-state index in [1.165, 1.54) is 16.4 Å². The highest BCUT2D eigenvalue weighted by Gasteiger charge is 2.35. The molecule has 9 heteroatoms. The van der Waals surface area contributed by atoms with E-state index in [1.54, 1.807) is 11.6 Å². The highest BCUT2D eigenvalue weighted by Crippen LogP contribution is 2.39. The van der Waals surface area contributed by atoms with Crippen LogP contribution in [0.3, 0.4) is 0 Å². The van der Waals surface area contributed by atoms with Gasteiger partial charge in [-0.1, -0.05) is 5.21 Å². The molecule has 2 heterocycles. The maximum atomic E-state index is 14.1. The molecule has 0 amide bonds. The zero-order chi connectivity index (χ0) is 18.3. The van der Waals surface area contributed by atoms with Crippen molar-refractivity contribution in [2.45, 2.75) is 43.0 Å². The summed E-state index contributed by atoms with van der Waals surface area (Å²) in [7, 11) is -3.75. The first-order valence-corrected chi connectivity index (χ1v) is 10.3. The van der Waals surface area contributed by atoms with Crippen LogP contribution in [0.15, 0.2) is 29.3 Å². The van der Waals surface area contributed by atoms with Crippen LogP contribution in [0, 0.1) is 5.82 Å². The molecule has 1 aromatic heterocycles. The van der Waals surface area contributed by atoms with Crippen molar-refractivity contribution >= 4 is 10.0 Å². The molecule has 7 nitrogen and oxygen atoms in total. The molecule has 0 spiro atoms. The van der Waals surface area contributed by atoms with Crippen molar-refractivity contribution < 1.29 is 17.5 Å². The van der Waals surface area contributed by atoms with Crippen molar-refractivity contribution in [1.82, 2.24) is 19.3 Å². The second-order valence-corrected chi connectivity index (χ2v) is 8.67. The van der Waals surface area contributed by atoms with Gasteiger partial charge in [-0.2, -0.15) is 4.31 Å². The first-order chi connectivity index (χ1) is 12.5. The molecule has 1 atom stereocenters. The SMILES string of the molecule is CCOc1ccc(S(=O)(=O)N2CCC(n3cc(C4CC4)nn3)C2)cc1F. The summed E-state index contributed by atoms with van der Waals surface area (Å²) >= 11 is 0. The third-order valence-electron chi connectivity index (χ3n) is 4.86. The standard InChI is InChI=1S/C17H21FN4O3S/c1-2-25-17-6-5-14(9-15(17)18)26(23,24)21-8-7-13(10-21)22-11-16(19-20-22)12-3-4-12/h5-6,9,11-13H,2-4,7-8,10H2,1H3. The molecule has 1 saturated heterocycles. The Hall–Kier alpha value is -2.00. The molecule has 140 valence electrons. The molecule has 2 aliphatic rings. The molecule has 0 N–H and O–H groups in total. The van der Waals surface area contributed by atoms with Crippen LogP contribution in [-0.2, 0) is 10.0 Å². The third-order valence-corrected chi connectivity index (χ3v) is 6.73. The average Bonchev–Trinajstić information content (AvgIpc) is 3.14. The topological polar surface area (TPSA) is 77.3 Å². The summed E-state index contributed by atoms with van der Waals surface area (Å²) in [6.07, 6.45) is 4.88. The number of hydrogen-bond acceptors (Lipinski definition) is 5. The van der Waals surface area contributed by atoms with Gasteiger partial charge in [0.1, 0.15) is 0 Å². The lowest BCUT2D eigenvalue weighted by Crippen LogP contribution is -2.29. The highest BCUT2D eigenvalue weighted by atomic mass is 32.2. The summed E-state index contributed by atoms with van der Waals surface area (Å²) in [5, 5.41) is 8.35. The van der Waals surface area contributed by atoms with Crippen LogP contribution in [0.5, 0.6) is 5.75 Å². The van der Waals surface area contributed by atoms with E-state index >= 15 is 0 Å². The Morgan fingerprint density at radius 3 is 2.81 bits per heavy atom. The van der Waals surface area contributed by atoms with Crippen molar-refractivity contribution in [3.8, 4) is 5.75 Å². The van der Waals surface area contributed by atoms with Crippen molar-refractivity contribution in [2.24, 2.45) is 0 Å². The van der Waals surface area contributed by atoms with E-state index in [0.717, 1.165) is 24.6 Å². The lowest BCUT2D eigenvalue weighted by atomic mass is 10.2. The van der Waals surface area contributed by atoms with Gasteiger partial charge in [0, 0.05) is 25.2 Å². The predicted molar refractivity (Wildman–Crippen MR) is 92.0 cm³/mol. The molecule has 26 heavy (non-hydrogen) atoms. The minimum Gasteiger partial charge on any atom is -0.491 e. The van der Waals surface area contributed by atoms with E-state index in [2.05, 4.69) is 10.3 Å². The smallest absolute Gasteiger partial charge is 0.243 e. The van der Waals surface area contributed by atoms with Gasteiger partial charge >= 0.3 is 0 Å². The monoisotopic (exact) mass is 380 g/mol. The van der Waals surface area contributed by atoms with Crippen molar-refractivity contribution in [2.75, 3.05) is 19.7 Å². The Balaban J connectivity index is 1.50. The number of nitrogens with zero attached hydrogens (tertiary/aromatic N) is 4. The molecule has 2 aromatic rings. The predicted octanol–water partition coefficient (Wildman–Crippen LogP) is 2.33. The Morgan fingerprint density at radius 1 is 1.31 bits per heavy atom. The molecule has 4 rings (SSSR count). The van der Waals surface area contributed by atoms with E-state index in [1.807, 2.05) is 6.20 Å². The van der Waals surface area contributed by atoms with Gasteiger partial charge in [0.15, 0.2) is 11.6 Å². The van der Waals surface area contributed by atoms with Crippen molar-refractivity contribution in [3.05, 3.63) is 35.9 Å². The van der Waals surface area contributed by atoms with Crippen LogP contribution in [-0.4, -0.2) is 47.4 Å². The largest absolute Gasteiger partial charge is 0.491 e. The summed E-state index contributed by atoms with van der Waals surface area (Å²) in [4.78, 5) is -0.0589. The Bertz CT molecular complexity index is 910. The third kappa shape index (κ3) is 3.21. The van der Waals surface area contributed by atoms with Gasteiger partial charge in [-0.05, 0) is 44.4 Å². The minimum absolute atomic E-state index is 0.0441. The zero-order valence-electron chi connectivity index (χ0n) is 14.5. The van der Waals surface area contributed by atoms with Gasteiger partial charge in [0.25, 0.3) is 0 Å². The maximum absolute atomic E-state index is 14.1. The summed E-state index contributed by atoms with van der Waals surface area (Å²) in [6.45, 7) is 2.75. The van der Waals surface area contributed by atoms with Crippen LogP contribution in [0.25, 0.3) is 0 Å². The van der Waals surface area contributed by atoms with Crippen LogP contribution in [0.1, 0.15) is 43.8 Å². The summed E-state index contributed by atoms with van der Waals surface area (Å²) in [5.41, 5.74) is 0.986. The van der Waals surface area contributed by atoms with Crippen molar-refractivity contribution in [1.29, 1.82) is 0 Å². The zero-order valence-corrected chi connectivity index (χ0v) is 15.3. The van der Waals surface area contributed by atoms with Gasteiger partial charge in [-0.15, -0.1) is 5.10 Å². The Kier molecular flexibility index (Phi) is 4.44. The van der Waals surface area contributed by atoms with E-state index in [0.29, 0.717) is 32.0 Å². The normalized spacial score (nSPS) is 21.2. The van der Waals surface area contributed by atoms with Crippen molar-refractivity contribution in [3.63, 3.8) is 0 Å². The van der Waals surface area contributed by atoms with Crippen LogP contribution < -0.4 is 4.74 Å².